The van der Waals surface area contributed by atoms with E-state index in [1.165, 1.54) is 30.6 Å². The van der Waals surface area contributed by atoms with E-state index < -0.39 is 16.1 Å². The summed E-state index contributed by atoms with van der Waals surface area (Å²) in [5.41, 5.74) is 0.687. The van der Waals surface area contributed by atoms with E-state index in [1.807, 2.05) is 0 Å². The summed E-state index contributed by atoms with van der Waals surface area (Å²) in [5, 5.41) is 9.22. The number of aliphatic hydroxyl groups excluding tert-OH is 1. The van der Waals surface area contributed by atoms with Crippen LogP contribution in [0.4, 0.5) is 0 Å². The lowest BCUT2D eigenvalue weighted by Gasteiger charge is -2.18. The van der Waals surface area contributed by atoms with Crippen LogP contribution in [-0.4, -0.2) is 50.6 Å². The number of carbonyl (C=O) groups is 1. The topological polar surface area (TPSA) is 83.9 Å². The Bertz CT molecular complexity index is 566. The Labute approximate surface area is 125 Å². The van der Waals surface area contributed by atoms with E-state index in [4.69, 9.17) is 0 Å². The Morgan fingerprint density at radius 2 is 1.90 bits per heavy atom. The van der Waals surface area contributed by atoms with Gasteiger partial charge in [-0.1, -0.05) is 12.1 Å². The normalized spacial score (nSPS) is 13.2. The molecular formula is C14H21NO5S. The molecule has 0 fully saturated rings. The van der Waals surface area contributed by atoms with Crippen LogP contribution in [0, 0.1) is 0 Å². The number of rotatable bonds is 7. The molecule has 7 heteroatoms. The maximum absolute atomic E-state index is 12.3. The minimum Gasteiger partial charge on any atom is -0.469 e. The summed E-state index contributed by atoms with van der Waals surface area (Å²) in [6.45, 7) is 1.85. The SMILES string of the molecule is COC(=O)Cc1ccc(S(=O)(=O)N(C)CCC(C)O)cc1. The fourth-order valence-electron chi connectivity index (χ4n) is 1.69. The molecule has 0 spiro atoms. The van der Waals surface area contributed by atoms with Crippen molar-refractivity contribution in [3.05, 3.63) is 29.8 Å². The number of nitrogens with zero attached hydrogens (tertiary/aromatic N) is 1. The van der Waals surface area contributed by atoms with Crippen LogP contribution in [0.5, 0.6) is 0 Å². The van der Waals surface area contributed by atoms with Crippen LogP contribution in [-0.2, 0) is 26.0 Å². The van der Waals surface area contributed by atoms with E-state index in [2.05, 4.69) is 4.74 Å². The molecule has 0 aliphatic rings. The van der Waals surface area contributed by atoms with Gasteiger partial charge in [0.15, 0.2) is 0 Å². The van der Waals surface area contributed by atoms with Crippen LogP contribution in [0.15, 0.2) is 29.2 Å². The van der Waals surface area contributed by atoms with E-state index >= 15 is 0 Å². The number of esters is 1. The molecule has 0 bridgehead atoms. The molecule has 0 amide bonds. The van der Waals surface area contributed by atoms with Gasteiger partial charge in [-0.15, -0.1) is 0 Å². The lowest BCUT2D eigenvalue weighted by atomic mass is 10.2. The standard InChI is InChI=1S/C14H21NO5S/c1-11(16)8-9-15(2)21(18,19)13-6-4-12(5-7-13)10-14(17)20-3/h4-7,11,16H,8-10H2,1-3H3. The van der Waals surface area contributed by atoms with Gasteiger partial charge in [0.2, 0.25) is 10.0 Å². The van der Waals surface area contributed by atoms with Crippen molar-refractivity contribution in [2.24, 2.45) is 0 Å². The van der Waals surface area contributed by atoms with Crippen LogP contribution >= 0.6 is 0 Å². The molecule has 118 valence electrons. The highest BCUT2D eigenvalue weighted by Gasteiger charge is 2.20. The molecule has 21 heavy (non-hydrogen) atoms. The van der Waals surface area contributed by atoms with Gasteiger partial charge in [-0.3, -0.25) is 4.79 Å². The van der Waals surface area contributed by atoms with E-state index in [9.17, 15) is 18.3 Å². The van der Waals surface area contributed by atoms with E-state index in [0.717, 1.165) is 0 Å². The van der Waals surface area contributed by atoms with Crippen LogP contribution < -0.4 is 0 Å². The predicted octanol–water partition coefficient (Wildman–Crippen LogP) is 0.793. The van der Waals surface area contributed by atoms with Crippen molar-refractivity contribution in [3.8, 4) is 0 Å². The first-order valence-corrected chi connectivity index (χ1v) is 8.01. The van der Waals surface area contributed by atoms with Crippen LogP contribution in [0.25, 0.3) is 0 Å². The molecule has 0 aromatic heterocycles. The molecule has 1 rings (SSSR count). The number of ether oxygens (including phenoxy) is 1. The molecule has 0 aliphatic heterocycles. The number of aliphatic hydroxyl groups is 1. The first-order chi connectivity index (χ1) is 9.77. The Kier molecular flexibility index (Phi) is 6.32. The van der Waals surface area contributed by atoms with Crippen LogP contribution in [0.3, 0.4) is 0 Å². The zero-order valence-electron chi connectivity index (χ0n) is 12.4. The lowest BCUT2D eigenvalue weighted by molar-refractivity contribution is -0.139. The Morgan fingerprint density at radius 3 is 2.38 bits per heavy atom. The van der Waals surface area contributed by atoms with Gasteiger partial charge in [0, 0.05) is 13.6 Å². The maximum atomic E-state index is 12.3. The van der Waals surface area contributed by atoms with Crippen LogP contribution in [0.1, 0.15) is 18.9 Å². The highest BCUT2D eigenvalue weighted by Crippen LogP contribution is 2.16. The number of sulfonamides is 1. The monoisotopic (exact) mass is 315 g/mol. The summed E-state index contributed by atoms with van der Waals surface area (Å²) < 4.78 is 30.3. The second kappa shape index (κ2) is 7.53. The molecular weight excluding hydrogens is 294 g/mol. The number of methoxy groups -OCH3 is 1. The minimum absolute atomic E-state index is 0.106. The number of benzene rings is 1. The van der Waals surface area contributed by atoms with E-state index in [-0.39, 0.29) is 23.8 Å². The van der Waals surface area contributed by atoms with Crippen molar-refractivity contribution in [3.63, 3.8) is 0 Å². The van der Waals surface area contributed by atoms with Gasteiger partial charge >= 0.3 is 5.97 Å². The second-order valence-corrected chi connectivity index (χ2v) is 6.91. The summed E-state index contributed by atoms with van der Waals surface area (Å²) >= 11 is 0. The van der Waals surface area contributed by atoms with Gasteiger partial charge in [0.05, 0.1) is 24.5 Å². The van der Waals surface area contributed by atoms with Gasteiger partial charge in [-0.2, -0.15) is 0 Å². The average molecular weight is 315 g/mol. The van der Waals surface area contributed by atoms with Crippen molar-refractivity contribution < 1.29 is 23.1 Å². The summed E-state index contributed by atoms with van der Waals surface area (Å²) in [6, 6.07) is 6.11. The Morgan fingerprint density at radius 1 is 1.33 bits per heavy atom. The van der Waals surface area contributed by atoms with Gasteiger partial charge in [-0.25, -0.2) is 12.7 Å². The average Bonchev–Trinajstić information content (AvgIpc) is 2.44. The van der Waals surface area contributed by atoms with Crippen molar-refractivity contribution in [2.75, 3.05) is 20.7 Å². The summed E-state index contributed by atoms with van der Waals surface area (Å²) in [4.78, 5) is 11.3. The van der Waals surface area contributed by atoms with E-state index in [0.29, 0.717) is 12.0 Å². The smallest absolute Gasteiger partial charge is 0.309 e. The zero-order chi connectivity index (χ0) is 16.0. The molecule has 0 aliphatic carbocycles. The van der Waals surface area contributed by atoms with Gasteiger partial charge in [-0.05, 0) is 31.0 Å². The Hall–Kier alpha value is -1.44. The molecule has 0 saturated carbocycles. The van der Waals surface area contributed by atoms with Gasteiger partial charge in [0.25, 0.3) is 0 Å². The lowest BCUT2D eigenvalue weighted by Crippen LogP contribution is -2.29. The van der Waals surface area contributed by atoms with Crippen molar-refractivity contribution in [2.45, 2.75) is 30.8 Å². The molecule has 1 aromatic carbocycles. The molecule has 1 atom stereocenters. The largest absolute Gasteiger partial charge is 0.469 e. The third kappa shape index (κ3) is 5.11. The second-order valence-electron chi connectivity index (χ2n) is 4.86. The molecule has 1 N–H and O–H groups in total. The first-order valence-electron chi connectivity index (χ1n) is 6.57. The Balaban J connectivity index is 2.82. The molecule has 1 aromatic rings. The van der Waals surface area contributed by atoms with Gasteiger partial charge < -0.3 is 9.84 Å². The molecule has 0 radical (unpaired) electrons. The first kappa shape index (κ1) is 17.6. The maximum Gasteiger partial charge on any atom is 0.309 e. The molecule has 0 saturated heterocycles. The van der Waals surface area contributed by atoms with E-state index in [1.54, 1.807) is 19.1 Å². The summed E-state index contributed by atoms with van der Waals surface area (Å²) in [5.74, 6) is -0.375. The number of hydrogen-bond acceptors (Lipinski definition) is 5. The zero-order valence-corrected chi connectivity index (χ0v) is 13.3. The summed E-state index contributed by atoms with van der Waals surface area (Å²) in [6.07, 6.45) is -0.0738. The number of hydrogen-bond donors (Lipinski definition) is 1. The molecule has 0 heterocycles. The van der Waals surface area contributed by atoms with Crippen molar-refractivity contribution >= 4 is 16.0 Å². The molecule has 6 nitrogen and oxygen atoms in total. The summed E-state index contributed by atoms with van der Waals surface area (Å²) in [7, 11) is -0.803. The van der Waals surface area contributed by atoms with Crippen LogP contribution in [0.2, 0.25) is 0 Å². The van der Waals surface area contributed by atoms with Gasteiger partial charge in [0.1, 0.15) is 0 Å². The highest BCUT2D eigenvalue weighted by atomic mass is 32.2. The highest BCUT2D eigenvalue weighted by molar-refractivity contribution is 7.89. The minimum atomic E-state index is -3.58. The van der Waals surface area contributed by atoms with Crippen molar-refractivity contribution in [1.29, 1.82) is 0 Å². The predicted molar refractivity (Wildman–Crippen MR) is 78.3 cm³/mol. The third-order valence-corrected chi connectivity index (χ3v) is 4.94. The van der Waals surface area contributed by atoms with Crippen molar-refractivity contribution in [1.82, 2.24) is 4.31 Å². The number of carbonyl (C=O) groups excluding carboxylic acids is 1. The fourth-order valence-corrected chi connectivity index (χ4v) is 2.87. The molecule has 1 unspecified atom stereocenters. The quantitative estimate of drug-likeness (QED) is 0.752. The third-order valence-electron chi connectivity index (χ3n) is 3.07. The fraction of sp³-hybridized carbons (Fsp3) is 0.500.